The smallest absolute Gasteiger partial charge is 0.347 e. The molecular formula is C39H44N4O8S2. The Labute approximate surface area is 315 Å². The van der Waals surface area contributed by atoms with E-state index in [0.29, 0.717) is 57.6 Å². The van der Waals surface area contributed by atoms with E-state index in [0.717, 1.165) is 31.2 Å². The molecule has 0 saturated heterocycles. The number of phenols is 1. The minimum atomic E-state index is -1.50. The number of hydrogen-bond donors (Lipinski definition) is 6. The average molecular weight is 761 g/mol. The molecule has 0 aliphatic heterocycles. The molecule has 280 valence electrons. The van der Waals surface area contributed by atoms with Crippen LogP contribution in [0.1, 0.15) is 52.7 Å². The van der Waals surface area contributed by atoms with Gasteiger partial charge >= 0.3 is 5.97 Å². The number of nitrogens with one attached hydrogen (secondary N) is 3. The number of nitrogens with zero attached hydrogens (tertiary/aromatic N) is 1. The molecule has 0 bridgehead atoms. The molecule has 1 aliphatic carbocycles. The Hall–Kier alpha value is -4.57. The fraction of sp³-hybridized carbons (Fsp3) is 0.359. The quantitative estimate of drug-likeness (QED) is 0.0761. The second-order valence-electron chi connectivity index (χ2n) is 13.2. The molecule has 1 saturated carbocycles. The molecule has 0 radical (unpaired) electrons. The number of carbonyl (C=O) groups excluding carboxylic acids is 1. The van der Waals surface area contributed by atoms with Gasteiger partial charge in [0, 0.05) is 43.7 Å². The van der Waals surface area contributed by atoms with Crippen molar-refractivity contribution in [2.75, 3.05) is 33.3 Å². The van der Waals surface area contributed by atoms with Crippen molar-refractivity contribution in [3.63, 3.8) is 0 Å². The summed E-state index contributed by atoms with van der Waals surface area (Å²) >= 11 is 2.79. The van der Waals surface area contributed by atoms with Crippen LogP contribution >= 0.6 is 22.7 Å². The third-order valence-electron chi connectivity index (χ3n) is 9.66. The highest BCUT2D eigenvalue weighted by Gasteiger charge is 2.48. The molecular weight excluding hydrogens is 717 g/mol. The van der Waals surface area contributed by atoms with E-state index in [9.17, 15) is 29.7 Å². The van der Waals surface area contributed by atoms with Gasteiger partial charge in [0.25, 0.3) is 5.91 Å². The molecule has 2 aromatic carbocycles. The van der Waals surface area contributed by atoms with E-state index in [1.807, 2.05) is 54.2 Å². The summed E-state index contributed by atoms with van der Waals surface area (Å²) in [6, 6.07) is 21.1. The van der Waals surface area contributed by atoms with Crippen LogP contribution in [0.25, 0.3) is 10.9 Å². The number of fused-ring (bicyclic) bond motifs is 1. The van der Waals surface area contributed by atoms with Gasteiger partial charge in [-0.2, -0.15) is 0 Å². The van der Waals surface area contributed by atoms with Crippen LogP contribution in [0.2, 0.25) is 0 Å². The summed E-state index contributed by atoms with van der Waals surface area (Å²) in [6.45, 7) is 1.77. The van der Waals surface area contributed by atoms with Crippen molar-refractivity contribution in [1.29, 1.82) is 0 Å². The topological polar surface area (TPSA) is 173 Å². The number of thiophene rings is 2. The average Bonchev–Trinajstić information content (AvgIpc) is 3.90. The molecule has 1 fully saturated rings. The van der Waals surface area contributed by atoms with Crippen LogP contribution in [0.4, 0.5) is 0 Å². The Morgan fingerprint density at radius 1 is 0.981 bits per heavy atom. The summed E-state index contributed by atoms with van der Waals surface area (Å²) in [5, 5.41) is 41.8. The van der Waals surface area contributed by atoms with Gasteiger partial charge in [-0.3, -0.25) is 9.59 Å². The maximum Gasteiger partial charge on any atom is 0.347 e. The maximum atomic E-state index is 12.7. The second-order valence-corrected chi connectivity index (χ2v) is 15.1. The molecule has 3 aromatic heterocycles. The van der Waals surface area contributed by atoms with E-state index in [2.05, 4.69) is 20.5 Å². The number of benzene rings is 2. The van der Waals surface area contributed by atoms with E-state index in [4.69, 9.17) is 9.47 Å². The number of aliphatic hydroxyl groups excluding tert-OH is 1. The highest BCUT2D eigenvalue weighted by Crippen LogP contribution is 2.42. The largest absolute Gasteiger partial charge is 0.506 e. The number of aromatic amines is 1. The number of ether oxygens (including phenoxy) is 2. The lowest BCUT2D eigenvalue weighted by Crippen LogP contribution is -2.45. The minimum absolute atomic E-state index is 0.0568. The number of aromatic hydroxyl groups is 1. The highest BCUT2D eigenvalue weighted by molar-refractivity contribution is 7.12. The van der Waals surface area contributed by atoms with Gasteiger partial charge < -0.3 is 45.3 Å². The lowest BCUT2D eigenvalue weighted by molar-refractivity contribution is -0.170. The number of aliphatic carboxylic acids is 1. The number of phenolic OH excluding ortho intramolecular Hbond substituents is 1. The zero-order valence-corrected chi connectivity index (χ0v) is 31.0. The first-order valence-electron chi connectivity index (χ1n) is 17.6. The molecule has 53 heavy (non-hydrogen) atoms. The predicted octanol–water partition coefficient (Wildman–Crippen LogP) is 4.96. The number of H-pyrrole nitrogens is 1. The lowest BCUT2D eigenvalue weighted by Gasteiger charge is -2.38. The number of amides is 1. The van der Waals surface area contributed by atoms with Crippen molar-refractivity contribution in [3.05, 3.63) is 115 Å². The van der Waals surface area contributed by atoms with Crippen LogP contribution in [0.3, 0.4) is 0 Å². The molecule has 12 nitrogen and oxygen atoms in total. The van der Waals surface area contributed by atoms with Crippen LogP contribution in [0, 0.1) is 0 Å². The van der Waals surface area contributed by atoms with Gasteiger partial charge in [0.05, 0.1) is 27.5 Å². The van der Waals surface area contributed by atoms with Crippen LogP contribution < -0.4 is 20.9 Å². The first-order chi connectivity index (χ1) is 25.6. The Bertz CT molecular complexity index is 1980. The second kappa shape index (κ2) is 17.5. The molecule has 1 aliphatic rings. The van der Waals surface area contributed by atoms with Gasteiger partial charge in [-0.1, -0.05) is 30.3 Å². The van der Waals surface area contributed by atoms with Crippen molar-refractivity contribution in [1.82, 2.24) is 20.5 Å². The third kappa shape index (κ3) is 9.15. The fourth-order valence-electron chi connectivity index (χ4n) is 6.78. The summed E-state index contributed by atoms with van der Waals surface area (Å²) < 4.78 is 12.2. The summed E-state index contributed by atoms with van der Waals surface area (Å²) in [5.41, 5.74) is 0.00999. The summed E-state index contributed by atoms with van der Waals surface area (Å²) in [6.07, 6.45) is 2.20. The molecule has 6 N–H and O–H groups in total. The number of carbonyl (C=O) groups is 2. The SMILES string of the molecule is CN(CCNC(=O)COc1ccc(CNC[C@H](O)c2ccc(O)c3[nH]c(=O)ccc23)cc1)[C@H]1CC[C@H](OC(C(=O)O)(c2cccs2)c2cccs2)CC1. The van der Waals surface area contributed by atoms with Gasteiger partial charge in [-0.05, 0) is 91.0 Å². The Morgan fingerprint density at radius 2 is 1.68 bits per heavy atom. The molecule has 5 aromatic rings. The van der Waals surface area contributed by atoms with Crippen molar-refractivity contribution in [3.8, 4) is 11.5 Å². The number of pyridine rings is 1. The standard InChI is InChI=1S/C39H44N4O8S2/c1-43(26-8-12-28(13-9-26)51-39(38(48)49,33-4-2-20-52-33)34-5-3-21-53-34)19-18-41-36(47)24-50-27-10-6-25(7-11-27)22-40-23-32(45)29-14-16-31(44)37-30(29)15-17-35(46)42-37/h2-7,10-11,14-17,20-21,26,28,32,40,44-45H,8-9,12-13,18-19,22-24H2,1H3,(H,41,47)(H,42,46)(H,48,49)/t26-,28-,32-/m0/s1. The highest BCUT2D eigenvalue weighted by atomic mass is 32.1. The number of hydrogen-bond acceptors (Lipinski definition) is 11. The molecule has 6 rings (SSSR count). The Morgan fingerprint density at radius 3 is 2.32 bits per heavy atom. The number of aromatic nitrogens is 1. The van der Waals surface area contributed by atoms with E-state index < -0.39 is 17.7 Å². The van der Waals surface area contributed by atoms with E-state index in [1.165, 1.54) is 34.8 Å². The number of carboxylic acids is 1. The molecule has 0 unspecified atom stereocenters. The molecule has 3 heterocycles. The van der Waals surface area contributed by atoms with Gasteiger partial charge in [-0.15, -0.1) is 22.7 Å². The fourth-order valence-corrected chi connectivity index (χ4v) is 8.59. The molecule has 14 heteroatoms. The van der Waals surface area contributed by atoms with Crippen molar-refractivity contribution >= 4 is 45.5 Å². The maximum absolute atomic E-state index is 12.7. The number of rotatable bonds is 17. The van der Waals surface area contributed by atoms with Crippen LogP contribution in [-0.4, -0.2) is 82.5 Å². The predicted molar refractivity (Wildman–Crippen MR) is 205 cm³/mol. The molecule has 1 amide bonds. The van der Waals surface area contributed by atoms with Gasteiger partial charge in [-0.25, -0.2) is 4.79 Å². The first kappa shape index (κ1) is 38.2. The number of likely N-dealkylation sites (N-methyl/N-ethyl adjacent to an activating group) is 1. The van der Waals surface area contributed by atoms with Crippen molar-refractivity contribution in [2.24, 2.45) is 0 Å². The summed E-state index contributed by atoms with van der Waals surface area (Å²) in [4.78, 5) is 43.1. The Kier molecular flexibility index (Phi) is 12.6. The van der Waals surface area contributed by atoms with Crippen LogP contribution in [-0.2, 0) is 26.5 Å². The third-order valence-corrected chi connectivity index (χ3v) is 11.6. The first-order valence-corrected chi connectivity index (χ1v) is 19.3. The molecule has 1 atom stereocenters. The monoisotopic (exact) mass is 760 g/mol. The van der Waals surface area contributed by atoms with Gasteiger partial charge in [0.2, 0.25) is 11.2 Å². The summed E-state index contributed by atoms with van der Waals surface area (Å²) in [7, 11) is 2.04. The van der Waals surface area contributed by atoms with Crippen LogP contribution in [0.15, 0.2) is 88.4 Å². The van der Waals surface area contributed by atoms with Gasteiger partial charge in [0.15, 0.2) is 6.61 Å². The molecule has 0 spiro atoms. The zero-order chi connectivity index (χ0) is 37.4. The van der Waals surface area contributed by atoms with Crippen molar-refractivity contribution in [2.45, 2.75) is 56.1 Å². The zero-order valence-electron chi connectivity index (χ0n) is 29.3. The summed E-state index contributed by atoms with van der Waals surface area (Å²) in [5.74, 6) is -0.704. The van der Waals surface area contributed by atoms with E-state index >= 15 is 0 Å². The van der Waals surface area contributed by atoms with Gasteiger partial charge in [0.1, 0.15) is 11.5 Å². The van der Waals surface area contributed by atoms with E-state index in [-0.39, 0.29) is 36.5 Å². The normalized spacial score (nSPS) is 16.8. The van der Waals surface area contributed by atoms with E-state index in [1.54, 1.807) is 24.3 Å². The Balaban J connectivity index is 0.884. The van der Waals surface area contributed by atoms with Crippen LogP contribution in [0.5, 0.6) is 11.5 Å². The number of carboxylic acid groups (broad SMARTS) is 1. The minimum Gasteiger partial charge on any atom is -0.506 e. The number of aliphatic hydroxyl groups is 1. The van der Waals surface area contributed by atoms with Crippen molar-refractivity contribution < 1.29 is 34.4 Å². The lowest BCUT2D eigenvalue weighted by atomic mass is 9.90.